The Morgan fingerprint density at radius 1 is 1.55 bits per heavy atom. The largest absolute Gasteiger partial charge is 0.496 e. The molecule has 0 bridgehead atoms. The Labute approximate surface area is 66.2 Å². The van der Waals surface area contributed by atoms with Crippen LogP contribution in [0.2, 0.25) is 0 Å². The Morgan fingerprint density at radius 2 is 2.27 bits per heavy atom. The topological polar surface area (TPSA) is 20.5 Å². The van der Waals surface area contributed by atoms with Crippen molar-refractivity contribution in [1.29, 1.82) is 0 Å². The van der Waals surface area contributed by atoms with E-state index in [0.717, 1.165) is 17.1 Å². The van der Waals surface area contributed by atoms with Gasteiger partial charge in [-0.1, -0.05) is 6.58 Å². The molecule has 1 aliphatic rings. The maximum atomic E-state index is 5.04. The van der Waals surface area contributed by atoms with Crippen LogP contribution in [0.4, 0.5) is 0 Å². The van der Waals surface area contributed by atoms with Crippen molar-refractivity contribution in [2.24, 2.45) is 0 Å². The molecule has 0 saturated heterocycles. The molecule has 0 aromatic carbocycles. The highest BCUT2D eigenvalue weighted by Gasteiger charge is 2.19. The third-order valence-corrected chi connectivity index (χ3v) is 1.53. The van der Waals surface area contributed by atoms with Gasteiger partial charge in [0.15, 0.2) is 0 Å². The number of methoxy groups -OCH3 is 1. The van der Waals surface area contributed by atoms with Crippen molar-refractivity contribution < 1.29 is 9.16 Å². The predicted molar refractivity (Wildman–Crippen MR) is 44.3 cm³/mol. The highest BCUT2D eigenvalue weighted by molar-refractivity contribution is 6.07. The summed E-state index contributed by atoms with van der Waals surface area (Å²) < 4.78 is 10.1. The zero-order valence-electron chi connectivity index (χ0n) is 6.76. The first-order chi connectivity index (χ1) is 5.29. The Hall–Kier alpha value is -1.31. The van der Waals surface area contributed by atoms with Gasteiger partial charge in [0.2, 0.25) is 0 Å². The lowest BCUT2D eigenvalue weighted by atomic mass is 10.1. The van der Waals surface area contributed by atoms with Crippen LogP contribution in [-0.4, -0.2) is 20.0 Å². The average Bonchev–Trinajstić information content (AvgIpc) is 2.05. The molecule has 1 aliphatic carbocycles. The molecule has 2 nitrogen and oxygen atoms in total. The maximum absolute atomic E-state index is 5.04. The van der Waals surface area contributed by atoms with Gasteiger partial charge in [0, 0.05) is 6.08 Å². The van der Waals surface area contributed by atoms with Crippen LogP contribution in [-0.2, 0) is 9.16 Å². The molecule has 58 valence electrons. The second-order valence-corrected chi connectivity index (χ2v) is 2.14. The number of ketones is 1. The van der Waals surface area contributed by atoms with Gasteiger partial charge in [-0.15, -0.1) is 0 Å². The van der Waals surface area contributed by atoms with E-state index in [2.05, 4.69) is 6.58 Å². The molecule has 0 spiro atoms. The van der Waals surface area contributed by atoms with Gasteiger partial charge < -0.3 is 4.74 Å². The van der Waals surface area contributed by atoms with E-state index in [9.17, 15) is 0 Å². The van der Waals surface area contributed by atoms with Crippen LogP contribution in [0.1, 0.15) is 0 Å². The quantitative estimate of drug-likeness (QED) is 0.409. The van der Waals surface area contributed by atoms with E-state index in [1.165, 1.54) is 0 Å². The summed E-state index contributed by atoms with van der Waals surface area (Å²) in [4.78, 5) is 0. The minimum atomic E-state index is 0.754. The Kier molecular flexibility index (Phi) is 2.26. The number of hydrogen-bond donors (Lipinski definition) is 0. The lowest BCUT2D eigenvalue weighted by molar-refractivity contribution is -0.418. The molecule has 1 rings (SSSR count). The second kappa shape index (κ2) is 3.19. The summed E-state index contributed by atoms with van der Waals surface area (Å²) in [5, 5.41) is 0. The fourth-order valence-corrected chi connectivity index (χ4v) is 0.928. The molecule has 0 N–H and O–H groups in total. The molecule has 0 radical (unpaired) electrons. The van der Waals surface area contributed by atoms with Crippen LogP contribution in [0.15, 0.2) is 36.1 Å². The molecular weight excluding hydrogens is 140 g/mol. The summed E-state index contributed by atoms with van der Waals surface area (Å²) in [7, 11) is 3.23. The normalized spacial score (nSPS) is 20.4. The number of hydrogen-bond acceptors (Lipinski definition) is 1. The summed E-state index contributed by atoms with van der Waals surface area (Å²) >= 11 is 0. The lowest BCUT2D eigenvalue weighted by Gasteiger charge is -2.05. The Bertz CT molecular complexity index is 257. The zero-order valence-corrected chi connectivity index (χ0v) is 6.76. The molecule has 0 aromatic rings. The van der Waals surface area contributed by atoms with Gasteiger partial charge in [-0.05, 0) is 12.2 Å². The number of ether oxygens (including phenoxy) is 1. The fourth-order valence-electron chi connectivity index (χ4n) is 0.928. The minimum Gasteiger partial charge on any atom is -0.496 e. The van der Waals surface area contributed by atoms with Crippen LogP contribution >= 0.6 is 0 Å². The van der Waals surface area contributed by atoms with Crippen molar-refractivity contribution in [3.63, 3.8) is 0 Å². The van der Waals surface area contributed by atoms with E-state index in [4.69, 9.17) is 9.16 Å². The number of allylic oxidation sites excluding steroid dienone is 4. The first-order valence-electron chi connectivity index (χ1n) is 3.32. The van der Waals surface area contributed by atoms with Gasteiger partial charge in [0.05, 0.1) is 7.11 Å². The van der Waals surface area contributed by atoms with Crippen molar-refractivity contribution >= 4 is 5.78 Å². The third-order valence-electron chi connectivity index (χ3n) is 1.53. The number of rotatable bonds is 1. The van der Waals surface area contributed by atoms with Crippen molar-refractivity contribution in [3.05, 3.63) is 36.1 Å². The van der Waals surface area contributed by atoms with E-state index in [1.54, 1.807) is 14.2 Å². The van der Waals surface area contributed by atoms with Crippen LogP contribution in [0.5, 0.6) is 0 Å². The van der Waals surface area contributed by atoms with E-state index in [0.29, 0.717) is 0 Å². The smallest absolute Gasteiger partial charge is 0.353 e. The molecule has 0 atom stereocenters. The van der Waals surface area contributed by atoms with Gasteiger partial charge in [-0.3, -0.25) is 4.42 Å². The predicted octanol–water partition coefficient (Wildman–Crippen LogP) is 1.38. The summed E-state index contributed by atoms with van der Waals surface area (Å²) in [5.74, 6) is 1.51. The SMILES string of the molecule is C=C1C(OC)=CC=CC1=[O+]C. The van der Waals surface area contributed by atoms with Crippen molar-refractivity contribution in [3.8, 4) is 0 Å². The second-order valence-electron chi connectivity index (χ2n) is 2.14. The molecule has 2 heteroatoms. The Balaban J connectivity index is 2.95. The van der Waals surface area contributed by atoms with E-state index in [-0.39, 0.29) is 0 Å². The highest BCUT2D eigenvalue weighted by Crippen LogP contribution is 2.14. The highest BCUT2D eigenvalue weighted by atomic mass is 16.5. The van der Waals surface area contributed by atoms with Crippen LogP contribution in [0.3, 0.4) is 0 Å². The average molecular weight is 151 g/mol. The Morgan fingerprint density at radius 3 is 2.82 bits per heavy atom. The van der Waals surface area contributed by atoms with Gasteiger partial charge in [0.1, 0.15) is 11.3 Å². The first kappa shape index (κ1) is 7.79. The van der Waals surface area contributed by atoms with E-state index >= 15 is 0 Å². The monoisotopic (exact) mass is 151 g/mol. The maximum Gasteiger partial charge on any atom is 0.353 e. The standard InChI is InChI=1S/C9H11O2/c1-7-8(10-2)5-4-6-9(7)11-3/h4-6H,1H2,2-3H3/q+1. The van der Waals surface area contributed by atoms with Crippen LogP contribution in [0.25, 0.3) is 0 Å². The fraction of sp³-hybridized carbons (Fsp3) is 0.222. The minimum absolute atomic E-state index is 0.754. The van der Waals surface area contributed by atoms with Gasteiger partial charge in [-0.25, -0.2) is 0 Å². The molecule has 0 unspecified atom stereocenters. The van der Waals surface area contributed by atoms with Gasteiger partial charge >= 0.3 is 5.78 Å². The molecule has 0 amide bonds. The molecule has 0 aromatic heterocycles. The van der Waals surface area contributed by atoms with Crippen molar-refractivity contribution in [1.82, 2.24) is 0 Å². The summed E-state index contributed by atoms with van der Waals surface area (Å²) in [6.45, 7) is 3.81. The van der Waals surface area contributed by atoms with Crippen molar-refractivity contribution in [2.75, 3.05) is 14.2 Å². The zero-order chi connectivity index (χ0) is 8.27. The molecule has 0 saturated carbocycles. The van der Waals surface area contributed by atoms with E-state index in [1.807, 2.05) is 18.2 Å². The molecule has 0 fully saturated rings. The van der Waals surface area contributed by atoms with Crippen LogP contribution in [0, 0.1) is 0 Å². The third kappa shape index (κ3) is 1.40. The molecule has 0 heterocycles. The van der Waals surface area contributed by atoms with E-state index < -0.39 is 0 Å². The van der Waals surface area contributed by atoms with Crippen molar-refractivity contribution in [2.45, 2.75) is 0 Å². The molecular formula is C9H11O2+. The summed E-state index contributed by atoms with van der Waals surface area (Å²) in [6, 6.07) is 0. The molecule has 0 aliphatic heterocycles. The summed E-state index contributed by atoms with van der Waals surface area (Å²) in [6.07, 6.45) is 5.57. The number of carbonyl (C=O) groups excluding carboxylic acids is 1. The van der Waals surface area contributed by atoms with Gasteiger partial charge in [-0.2, -0.15) is 0 Å². The van der Waals surface area contributed by atoms with Gasteiger partial charge in [0.25, 0.3) is 7.11 Å². The molecule has 11 heavy (non-hydrogen) atoms. The summed E-state index contributed by atoms with van der Waals surface area (Å²) in [5.41, 5.74) is 0.789. The lowest BCUT2D eigenvalue weighted by Crippen LogP contribution is -2.07. The van der Waals surface area contributed by atoms with Crippen LogP contribution < -0.4 is 0 Å². The first-order valence-corrected chi connectivity index (χ1v) is 3.32.